The van der Waals surface area contributed by atoms with Crippen molar-refractivity contribution in [1.82, 2.24) is 4.98 Å². The van der Waals surface area contributed by atoms with Crippen molar-refractivity contribution in [3.8, 4) is 0 Å². The largest absolute Gasteiger partial charge is 0.463 e. The van der Waals surface area contributed by atoms with Crippen LogP contribution in [-0.2, 0) is 6.54 Å². The van der Waals surface area contributed by atoms with Crippen LogP contribution < -0.4 is 5.73 Å². The molecule has 2 rings (SSSR count). The Balaban J connectivity index is 2.67. The lowest BCUT2D eigenvalue weighted by Crippen LogP contribution is -1.97. The van der Waals surface area contributed by atoms with Gasteiger partial charge in [0.05, 0.1) is 18.2 Å². The van der Waals surface area contributed by atoms with E-state index in [2.05, 4.69) is 4.98 Å². The van der Waals surface area contributed by atoms with E-state index in [4.69, 9.17) is 10.2 Å². The number of pyridine rings is 1. The second-order valence-corrected chi connectivity index (χ2v) is 2.34. The topological polar surface area (TPSA) is 52.0 Å². The molecule has 56 valence electrons. The molecular formula is C8H8N2O. The highest BCUT2D eigenvalue weighted by atomic mass is 16.3. The predicted molar refractivity (Wildman–Crippen MR) is 41.9 cm³/mol. The van der Waals surface area contributed by atoms with Crippen LogP contribution in [0, 0.1) is 0 Å². The zero-order chi connectivity index (χ0) is 7.68. The van der Waals surface area contributed by atoms with E-state index in [9.17, 15) is 0 Å². The van der Waals surface area contributed by atoms with Crippen molar-refractivity contribution in [2.45, 2.75) is 6.54 Å². The second kappa shape index (κ2) is 2.36. The molecule has 0 unspecified atom stereocenters. The van der Waals surface area contributed by atoms with Crippen molar-refractivity contribution in [1.29, 1.82) is 0 Å². The third-order valence-corrected chi connectivity index (χ3v) is 1.61. The van der Waals surface area contributed by atoms with E-state index < -0.39 is 0 Å². The minimum absolute atomic E-state index is 0.473. The van der Waals surface area contributed by atoms with Gasteiger partial charge < -0.3 is 10.2 Å². The van der Waals surface area contributed by atoms with Gasteiger partial charge >= 0.3 is 0 Å². The maximum Gasteiger partial charge on any atom is 0.152 e. The number of aromatic nitrogens is 1. The summed E-state index contributed by atoms with van der Waals surface area (Å²) in [5.41, 5.74) is 7.11. The van der Waals surface area contributed by atoms with Crippen molar-refractivity contribution in [3.05, 3.63) is 30.3 Å². The monoisotopic (exact) mass is 148 g/mol. The molecule has 0 aliphatic rings. The molecule has 0 fully saturated rings. The van der Waals surface area contributed by atoms with Crippen LogP contribution in [0.15, 0.2) is 29.0 Å². The van der Waals surface area contributed by atoms with Crippen LogP contribution in [-0.4, -0.2) is 4.98 Å². The lowest BCUT2D eigenvalue weighted by atomic mass is 10.3. The van der Waals surface area contributed by atoms with Gasteiger partial charge in [-0.3, -0.25) is 4.98 Å². The van der Waals surface area contributed by atoms with Crippen LogP contribution >= 0.6 is 0 Å². The molecule has 2 aromatic rings. The maximum atomic E-state index is 5.42. The fraction of sp³-hybridized carbons (Fsp3) is 0.125. The van der Waals surface area contributed by atoms with E-state index in [1.54, 1.807) is 12.5 Å². The van der Waals surface area contributed by atoms with Gasteiger partial charge in [-0.05, 0) is 12.1 Å². The highest BCUT2D eigenvalue weighted by Crippen LogP contribution is 2.14. The van der Waals surface area contributed by atoms with E-state index in [-0.39, 0.29) is 0 Å². The van der Waals surface area contributed by atoms with E-state index in [1.807, 2.05) is 12.1 Å². The van der Waals surface area contributed by atoms with Gasteiger partial charge in [0.2, 0.25) is 0 Å². The van der Waals surface area contributed by atoms with Crippen LogP contribution in [0.25, 0.3) is 11.0 Å². The Labute approximate surface area is 63.8 Å². The number of hydrogen-bond donors (Lipinski definition) is 1. The molecule has 3 nitrogen and oxygen atoms in total. The van der Waals surface area contributed by atoms with Crippen LogP contribution in [0.1, 0.15) is 5.69 Å². The van der Waals surface area contributed by atoms with Crippen molar-refractivity contribution < 1.29 is 4.42 Å². The van der Waals surface area contributed by atoms with Crippen molar-refractivity contribution in [3.63, 3.8) is 0 Å². The zero-order valence-corrected chi connectivity index (χ0v) is 5.95. The Kier molecular flexibility index (Phi) is 1.36. The quantitative estimate of drug-likeness (QED) is 0.662. The molecule has 0 aliphatic carbocycles. The summed E-state index contributed by atoms with van der Waals surface area (Å²) >= 11 is 0. The molecular weight excluding hydrogens is 140 g/mol. The molecule has 0 saturated heterocycles. The average Bonchev–Trinajstić information content (AvgIpc) is 2.50. The standard InChI is InChI=1S/C8H8N2O/c9-4-7-3-6-1-2-11-8(6)5-10-7/h1-3,5H,4,9H2. The molecule has 0 spiro atoms. The highest BCUT2D eigenvalue weighted by Gasteiger charge is 1.97. The first-order chi connectivity index (χ1) is 5.40. The van der Waals surface area contributed by atoms with Gasteiger partial charge in [-0.1, -0.05) is 0 Å². The lowest BCUT2D eigenvalue weighted by molar-refractivity contribution is 0.614. The Morgan fingerprint density at radius 3 is 3.27 bits per heavy atom. The summed E-state index contributed by atoms with van der Waals surface area (Å²) in [6.45, 7) is 0.473. The molecule has 0 saturated carbocycles. The Morgan fingerprint density at radius 2 is 2.45 bits per heavy atom. The fourth-order valence-electron chi connectivity index (χ4n) is 1.02. The summed E-state index contributed by atoms with van der Waals surface area (Å²) < 4.78 is 5.11. The van der Waals surface area contributed by atoms with Crippen LogP contribution in [0.5, 0.6) is 0 Å². The van der Waals surface area contributed by atoms with Gasteiger partial charge in [-0.25, -0.2) is 0 Å². The van der Waals surface area contributed by atoms with Gasteiger partial charge in [0, 0.05) is 11.9 Å². The average molecular weight is 148 g/mol. The summed E-state index contributed by atoms with van der Waals surface area (Å²) in [6, 6.07) is 3.83. The van der Waals surface area contributed by atoms with Crippen LogP contribution in [0.4, 0.5) is 0 Å². The summed E-state index contributed by atoms with van der Waals surface area (Å²) in [5.74, 6) is 0. The summed E-state index contributed by atoms with van der Waals surface area (Å²) in [7, 11) is 0. The van der Waals surface area contributed by atoms with E-state index in [1.165, 1.54) is 0 Å². The minimum atomic E-state index is 0.473. The number of hydrogen-bond acceptors (Lipinski definition) is 3. The summed E-state index contributed by atoms with van der Waals surface area (Å²) in [6.07, 6.45) is 3.34. The van der Waals surface area contributed by atoms with Crippen LogP contribution in [0.2, 0.25) is 0 Å². The number of rotatable bonds is 1. The molecule has 0 atom stereocenters. The number of nitrogens with two attached hydrogens (primary N) is 1. The Hall–Kier alpha value is -1.35. The first-order valence-electron chi connectivity index (χ1n) is 3.42. The number of nitrogens with zero attached hydrogens (tertiary/aromatic N) is 1. The Bertz CT molecular complexity index is 367. The van der Waals surface area contributed by atoms with Gasteiger partial charge in [0.25, 0.3) is 0 Å². The van der Waals surface area contributed by atoms with Gasteiger partial charge in [0.15, 0.2) is 5.58 Å². The first kappa shape index (κ1) is 6.37. The SMILES string of the molecule is NCc1cc2ccoc2cn1. The van der Waals surface area contributed by atoms with Crippen molar-refractivity contribution in [2.75, 3.05) is 0 Å². The normalized spacial score (nSPS) is 10.6. The zero-order valence-electron chi connectivity index (χ0n) is 5.95. The van der Waals surface area contributed by atoms with Gasteiger partial charge in [-0.2, -0.15) is 0 Å². The fourth-order valence-corrected chi connectivity index (χ4v) is 1.02. The maximum absolute atomic E-state index is 5.42. The smallest absolute Gasteiger partial charge is 0.152 e. The molecule has 3 heteroatoms. The van der Waals surface area contributed by atoms with Gasteiger partial charge in [-0.15, -0.1) is 0 Å². The molecule has 0 aliphatic heterocycles. The molecule has 0 radical (unpaired) electrons. The summed E-state index contributed by atoms with van der Waals surface area (Å²) in [4.78, 5) is 4.08. The molecule has 2 aromatic heterocycles. The predicted octanol–water partition coefficient (Wildman–Crippen LogP) is 1.29. The van der Waals surface area contributed by atoms with E-state index in [0.29, 0.717) is 6.54 Å². The third kappa shape index (κ3) is 0.991. The molecule has 2 N–H and O–H groups in total. The van der Waals surface area contributed by atoms with E-state index in [0.717, 1.165) is 16.7 Å². The molecule has 2 heterocycles. The van der Waals surface area contributed by atoms with Crippen LogP contribution in [0.3, 0.4) is 0 Å². The summed E-state index contributed by atoms with van der Waals surface area (Å²) in [5, 5.41) is 1.06. The molecule has 0 amide bonds. The van der Waals surface area contributed by atoms with Gasteiger partial charge in [0.1, 0.15) is 0 Å². The van der Waals surface area contributed by atoms with Crippen molar-refractivity contribution >= 4 is 11.0 Å². The molecule has 0 bridgehead atoms. The first-order valence-corrected chi connectivity index (χ1v) is 3.42. The second-order valence-electron chi connectivity index (χ2n) is 2.34. The lowest BCUT2D eigenvalue weighted by Gasteiger charge is -1.92. The number of furan rings is 1. The minimum Gasteiger partial charge on any atom is -0.463 e. The third-order valence-electron chi connectivity index (χ3n) is 1.61. The number of fused-ring (bicyclic) bond motifs is 1. The highest BCUT2D eigenvalue weighted by molar-refractivity contribution is 5.76. The van der Waals surface area contributed by atoms with E-state index >= 15 is 0 Å². The van der Waals surface area contributed by atoms with Crippen molar-refractivity contribution in [2.24, 2.45) is 5.73 Å². The molecule has 0 aromatic carbocycles. The Morgan fingerprint density at radius 1 is 1.55 bits per heavy atom. The molecule has 11 heavy (non-hydrogen) atoms.